The number of anilines is 1. The first-order valence-electron chi connectivity index (χ1n) is 10.7. The van der Waals surface area contributed by atoms with Crippen LogP contribution in [0.1, 0.15) is 0 Å². The van der Waals surface area contributed by atoms with Gasteiger partial charge < -0.3 is 14.4 Å². The Balaban J connectivity index is 1.38. The number of benzene rings is 2. The van der Waals surface area contributed by atoms with Crippen LogP contribution in [0.15, 0.2) is 65.7 Å². The summed E-state index contributed by atoms with van der Waals surface area (Å²) in [5.74, 6) is 1.73. The van der Waals surface area contributed by atoms with Crippen LogP contribution in [0.25, 0.3) is 27.6 Å². The number of likely N-dealkylation sites (N-methyl/N-ethyl adjacent to an activating group) is 1. The highest BCUT2D eigenvalue weighted by Crippen LogP contribution is 2.34. The number of H-pyrrole nitrogens is 1. The average molecular weight is 475 g/mol. The number of para-hydroxylation sites is 1. The maximum absolute atomic E-state index is 13.3. The highest BCUT2D eigenvalue weighted by atomic mass is 35.5. The van der Waals surface area contributed by atoms with Gasteiger partial charge >= 0.3 is 0 Å². The fraction of sp³-hybridized carbons (Fsp3) is 0.167. The average Bonchev–Trinajstić information content (AvgIpc) is 3.35. The first-order valence-corrected chi connectivity index (χ1v) is 11.1. The number of hydrogen-bond acceptors (Lipinski definition) is 7. The van der Waals surface area contributed by atoms with E-state index in [1.54, 1.807) is 29.0 Å². The van der Waals surface area contributed by atoms with E-state index in [-0.39, 0.29) is 11.7 Å². The Bertz CT molecular complexity index is 1580. The molecule has 0 fully saturated rings. The van der Waals surface area contributed by atoms with Gasteiger partial charge in [-0.3, -0.25) is 14.5 Å². The molecule has 3 aromatic heterocycles. The van der Waals surface area contributed by atoms with Gasteiger partial charge in [-0.1, -0.05) is 29.8 Å². The van der Waals surface area contributed by atoms with E-state index in [4.69, 9.17) is 26.1 Å². The van der Waals surface area contributed by atoms with Crippen LogP contribution >= 0.6 is 11.6 Å². The molecular formula is C24H19ClN6O3. The van der Waals surface area contributed by atoms with Gasteiger partial charge in [0.25, 0.3) is 5.56 Å². The number of nitrogens with zero attached hydrogens (tertiary/aromatic N) is 5. The Labute approximate surface area is 198 Å². The number of rotatable bonds is 4. The zero-order valence-electron chi connectivity index (χ0n) is 18.1. The van der Waals surface area contributed by atoms with Gasteiger partial charge in [0.05, 0.1) is 34.7 Å². The molecule has 0 amide bonds. The lowest BCUT2D eigenvalue weighted by atomic mass is 10.2. The number of ether oxygens (including phenoxy) is 2. The highest BCUT2D eigenvalue weighted by molar-refractivity contribution is 6.30. The summed E-state index contributed by atoms with van der Waals surface area (Å²) in [6.07, 6.45) is 3.01. The van der Waals surface area contributed by atoms with Crippen LogP contribution in [0.5, 0.6) is 11.5 Å². The zero-order valence-corrected chi connectivity index (χ0v) is 18.9. The molecule has 6 rings (SSSR count). The molecule has 5 aromatic rings. The fourth-order valence-electron chi connectivity index (χ4n) is 4.15. The molecule has 2 aromatic carbocycles. The summed E-state index contributed by atoms with van der Waals surface area (Å²) >= 11 is 6.03. The molecule has 0 saturated heterocycles. The van der Waals surface area contributed by atoms with E-state index >= 15 is 0 Å². The molecule has 0 radical (unpaired) electrons. The summed E-state index contributed by atoms with van der Waals surface area (Å²) in [6, 6.07) is 14.7. The van der Waals surface area contributed by atoms with Crippen molar-refractivity contribution in [1.29, 1.82) is 0 Å². The molecule has 1 aliphatic rings. The fourth-order valence-corrected chi connectivity index (χ4v) is 4.31. The normalized spacial score (nSPS) is 15.1. The van der Waals surface area contributed by atoms with Crippen LogP contribution in [0.3, 0.4) is 0 Å². The monoisotopic (exact) mass is 474 g/mol. The molecule has 1 unspecified atom stereocenters. The van der Waals surface area contributed by atoms with Crippen molar-refractivity contribution in [3.05, 3.63) is 76.3 Å². The Hall–Kier alpha value is -4.11. The molecule has 4 heterocycles. The van der Waals surface area contributed by atoms with Crippen molar-refractivity contribution >= 4 is 39.5 Å². The molecule has 1 atom stereocenters. The number of pyridine rings is 1. The molecule has 0 saturated carbocycles. The Morgan fingerprint density at radius 1 is 1.15 bits per heavy atom. The van der Waals surface area contributed by atoms with E-state index in [2.05, 4.69) is 15.2 Å². The van der Waals surface area contributed by atoms with Gasteiger partial charge in [-0.05, 0) is 24.3 Å². The smallest absolute Gasteiger partial charge is 0.267 e. The first-order chi connectivity index (χ1) is 16.6. The molecule has 9 nitrogen and oxygen atoms in total. The predicted octanol–water partition coefficient (Wildman–Crippen LogP) is 3.59. The Kier molecular flexibility index (Phi) is 4.84. The van der Waals surface area contributed by atoms with Crippen molar-refractivity contribution in [3.8, 4) is 17.2 Å². The van der Waals surface area contributed by atoms with Crippen LogP contribution in [0.4, 0.5) is 5.95 Å². The van der Waals surface area contributed by atoms with E-state index in [1.807, 2.05) is 42.3 Å². The van der Waals surface area contributed by atoms with Crippen LogP contribution in [0.2, 0.25) is 5.02 Å². The van der Waals surface area contributed by atoms with Gasteiger partial charge in [-0.2, -0.15) is 10.1 Å². The molecule has 0 aliphatic carbocycles. The highest BCUT2D eigenvalue weighted by Gasteiger charge is 2.24. The third-order valence-electron chi connectivity index (χ3n) is 5.77. The molecule has 1 aliphatic heterocycles. The minimum Gasteiger partial charge on any atom is -0.486 e. The van der Waals surface area contributed by atoms with Gasteiger partial charge in [-0.25, -0.2) is 4.98 Å². The van der Waals surface area contributed by atoms with Gasteiger partial charge in [0.1, 0.15) is 6.61 Å². The van der Waals surface area contributed by atoms with E-state index in [0.29, 0.717) is 63.2 Å². The summed E-state index contributed by atoms with van der Waals surface area (Å²) in [4.78, 5) is 24.5. The zero-order chi connectivity index (χ0) is 23.2. The largest absolute Gasteiger partial charge is 0.486 e. The molecule has 10 heteroatoms. The number of aromatic nitrogens is 5. The maximum atomic E-state index is 13.3. The third kappa shape index (κ3) is 3.41. The minimum absolute atomic E-state index is 0.200. The van der Waals surface area contributed by atoms with Crippen molar-refractivity contribution in [2.75, 3.05) is 25.1 Å². The van der Waals surface area contributed by atoms with Gasteiger partial charge in [-0.15, -0.1) is 0 Å². The second-order valence-corrected chi connectivity index (χ2v) is 8.50. The lowest BCUT2D eigenvalue weighted by Gasteiger charge is -2.29. The molecule has 170 valence electrons. The van der Waals surface area contributed by atoms with Crippen molar-refractivity contribution in [2.24, 2.45) is 0 Å². The quantitative estimate of drug-likeness (QED) is 0.425. The summed E-state index contributed by atoms with van der Waals surface area (Å²) in [5.41, 5.74) is 1.62. The second kappa shape index (κ2) is 8.03. The summed E-state index contributed by atoms with van der Waals surface area (Å²) in [6.45, 7) is 0.851. The molecule has 34 heavy (non-hydrogen) atoms. The number of nitrogens with one attached hydrogen (secondary N) is 1. The van der Waals surface area contributed by atoms with Crippen molar-refractivity contribution < 1.29 is 9.47 Å². The summed E-state index contributed by atoms with van der Waals surface area (Å²) < 4.78 is 13.5. The van der Waals surface area contributed by atoms with Gasteiger partial charge in [0.2, 0.25) is 5.95 Å². The summed E-state index contributed by atoms with van der Waals surface area (Å²) in [5, 5.41) is 8.75. The Morgan fingerprint density at radius 3 is 2.85 bits per heavy atom. The minimum atomic E-state index is -0.232. The molecule has 1 N–H and O–H groups in total. The number of fused-ring (bicyclic) bond motifs is 4. The second-order valence-electron chi connectivity index (χ2n) is 8.06. The van der Waals surface area contributed by atoms with E-state index < -0.39 is 0 Å². The van der Waals surface area contributed by atoms with E-state index in [0.717, 1.165) is 0 Å². The molecule has 0 bridgehead atoms. The molecule has 0 spiro atoms. The van der Waals surface area contributed by atoms with Crippen molar-refractivity contribution in [3.63, 3.8) is 0 Å². The summed E-state index contributed by atoms with van der Waals surface area (Å²) in [7, 11) is 1.88. The number of halogens is 1. The van der Waals surface area contributed by atoms with Crippen molar-refractivity contribution in [1.82, 2.24) is 24.7 Å². The molecular weight excluding hydrogens is 456 g/mol. The third-order valence-corrected chi connectivity index (χ3v) is 6.00. The number of aromatic amines is 1. The van der Waals surface area contributed by atoms with Crippen LogP contribution in [-0.4, -0.2) is 51.0 Å². The van der Waals surface area contributed by atoms with Gasteiger partial charge in [0, 0.05) is 24.3 Å². The maximum Gasteiger partial charge on any atom is 0.267 e. The standard InChI is InChI=1S/C24H19ClN6O3/c1-30(12-16-13-33-20-9-14(25)7-8-19(20)34-16)24-26-10-17-21-18(11-27-29-21)23(32)31(22(17)28-24)15-5-3-2-4-6-15/h2-11,16H,12-13H2,1H3,(H,27,29). The Morgan fingerprint density at radius 2 is 2.00 bits per heavy atom. The topological polar surface area (TPSA) is 98.2 Å². The SMILES string of the molecule is CN(CC1COc2cc(Cl)ccc2O1)c1ncc2c3[nH]ncc3c(=O)n(-c3ccccc3)c2n1. The van der Waals surface area contributed by atoms with Crippen LogP contribution in [0, 0.1) is 0 Å². The van der Waals surface area contributed by atoms with Crippen LogP contribution < -0.4 is 19.9 Å². The van der Waals surface area contributed by atoms with E-state index in [9.17, 15) is 4.79 Å². The lowest BCUT2D eigenvalue weighted by Crippen LogP contribution is -2.40. The van der Waals surface area contributed by atoms with Gasteiger partial charge in [0.15, 0.2) is 23.3 Å². The van der Waals surface area contributed by atoms with Crippen molar-refractivity contribution in [2.45, 2.75) is 6.10 Å². The number of hydrogen-bond donors (Lipinski definition) is 1. The predicted molar refractivity (Wildman–Crippen MR) is 129 cm³/mol. The van der Waals surface area contributed by atoms with E-state index in [1.165, 1.54) is 6.20 Å². The van der Waals surface area contributed by atoms with Crippen LogP contribution in [-0.2, 0) is 0 Å². The first kappa shape index (κ1) is 20.5. The lowest BCUT2D eigenvalue weighted by molar-refractivity contribution is 0.0958.